The van der Waals surface area contributed by atoms with Crippen LogP contribution in [0.5, 0.6) is 5.75 Å². The molecule has 0 amide bonds. The van der Waals surface area contributed by atoms with E-state index >= 15 is 0 Å². The normalized spacial score (nSPS) is 14.1. The molecule has 0 bridgehead atoms. The van der Waals surface area contributed by atoms with Gasteiger partial charge in [-0.3, -0.25) is 0 Å². The van der Waals surface area contributed by atoms with E-state index in [0.717, 1.165) is 11.6 Å². The second-order valence-electron chi connectivity index (χ2n) is 4.56. The first-order valence-electron chi connectivity index (χ1n) is 6.69. The summed E-state index contributed by atoms with van der Waals surface area (Å²) < 4.78 is 5.67. The molecule has 1 heterocycles. The highest BCUT2D eigenvalue weighted by atomic mass is 16.5. The summed E-state index contributed by atoms with van der Waals surface area (Å²) in [6.07, 6.45) is 3.61. The summed E-state index contributed by atoms with van der Waals surface area (Å²) in [6.45, 7) is 6.91. The first kappa shape index (κ1) is 13.6. The molecule has 0 fully saturated rings. The van der Waals surface area contributed by atoms with Crippen LogP contribution >= 0.6 is 0 Å². The number of nitrogens with zero attached hydrogens (tertiary/aromatic N) is 1. The number of rotatable bonds is 6. The van der Waals surface area contributed by atoms with Crippen LogP contribution < -0.4 is 10.1 Å². The average Bonchev–Trinajstić information content (AvgIpc) is 2.93. The van der Waals surface area contributed by atoms with Crippen LogP contribution in [0.1, 0.15) is 44.2 Å². The van der Waals surface area contributed by atoms with Gasteiger partial charge < -0.3 is 15.0 Å². The maximum absolute atomic E-state index is 5.67. The standard InChI is InChI=1S/C15H21N3O/c1-4-19-14-8-6-5-7-13(14)11(2)18-12(3)15-16-9-10-17-15/h5-12,18H,4H2,1-3H3,(H,16,17). The van der Waals surface area contributed by atoms with Crippen LogP contribution in [0.2, 0.25) is 0 Å². The van der Waals surface area contributed by atoms with Crippen LogP contribution in [-0.4, -0.2) is 16.6 Å². The number of aromatic amines is 1. The first-order valence-corrected chi connectivity index (χ1v) is 6.69. The first-order chi connectivity index (χ1) is 9.22. The predicted octanol–water partition coefficient (Wildman–Crippen LogP) is 3.22. The molecule has 2 unspecified atom stereocenters. The number of benzene rings is 1. The van der Waals surface area contributed by atoms with Crippen LogP contribution in [0.15, 0.2) is 36.7 Å². The SMILES string of the molecule is CCOc1ccccc1C(C)NC(C)c1ncc[nH]1. The van der Waals surface area contributed by atoms with Crippen LogP contribution in [0.25, 0.3) is 0 Å². The van der Waals surface area contributed by atoms with Gasteiger partial charge >= 0.3 is 0 Å². The maximum atomic E-state index is 5.67. The Morgan fingerprint density at radius 2 is 2.05 bits per heavy atom. The Morgan fingerprint density at radius 1 is 1.26 bits per heavy atom. The number of ether oxygens (including phenoxy) is 1. The number of nitrogens with one attached hydrogen (secondary N) is 2. The van der Waals surface area contributed by atoms with Crippen molar-refractivity contribution in [3.63, 3.8) is 0 Å². The number of aromatic nitrogens is 2. The van der Waals surface area contributed by atoms with Gasteiger partial charge in [0, 0.05) is 24.0 Å². The molecule has 1 aromatic carbocycles. The zero-order valence-electron chi connectivity index (χ0n) is 11.7. The summed E-state index contributed by atoms with van der Waals surface area (Å²) in [7, 11) is 0. The van der Waals surface area contributed by atoms with Crippen molar-refractivity contribution in [3.05, 3.63) is 48.0 Å². The number of imidazole rings is 1. The van der Waals surface area contributed by atoms with Crippen molar-refractivity contribution < 1.29 is 4.74 Å². The zero-order chi connectivity index (χ0) is 13.7. The van der Waals surface area contributed by atoms with Crippen molar-refractivity contribution in [1.82, 2.24) is 15.3 Å². The lowest BCUT2D eigenvalue weighted by Gasteiger charge is -2.21. The van der Waals surface area contributed by atoms with Gasteiger partial charge in [0.05, 0.1) is 12.6 Å². The molecule has 2 aromatic rings. The Hall–Kier alpha value is -1.81. The minimum atomic E-state index is 0.166. The molecule has 0 aliphatic heterocycles. The van der Waals surface area contributed by atoms with E-state index < -0.39 is 0 Å². The number of para-hydroxylation sites is 1. The molecular weight excluding hydrogens is 238 g/mol. The third kappa shape index (κ3) is 3.35. The average molecular weight is 259 g/mol. The topological polar surface area (TPSA) is 49.9 Å². The highest BCUT2D eigenvalue weighted by Crippen LogP contribution is 2.26. The predicted molar refractivity (Wildman–Crippen MR) is 76.2 cm³/mol. The Bertz CT molecular complexity index is 496. The van der Waals surface area contributed by atoms with Crippen molar-refractivity contribution >= 4 is 0 Å². The molecule has 4 nitrogen and oxygen atoms in total. The summed E-state index contributed by atoms with van der Waals surface area (Å²) in [5, 5.41) is 3.52. The maximum Gasteiger partial charge on any atom is 0.124 e. The third-order valence-electron chi connectivity index (χ3n) is 3.11. The Balaban J connectivity index is 2.09. The van der Waals surface area contributed by atoms with Crippen LogP contribution in [-0.2, 0) is 0 Å². The fourth-order valence-electron chi connectivity index (χ4n) is 2.18. The van der Waals surface area contributed by atoms with E-state index in [2.05, 4.69) is 35.2 Å². The molecule has 102 valence electrons. The van der Waals surface area contributed by atoms with Crippen LogP contribution in [0.3, 0.4) is 0 Å². The third-order valence-corrected chi connectivity index (χ3v) is 3.11. The van der Waals surface area contributed by atoms with E-state index in [1.54, 1.807) is 6.20 Å². The van der Waals surface area contributed by atoms with Crippen LogP contribution in [0.4, 0.5) is 0 Å². The molecule has 2 rings (SSSR count). The highest BCUT2D eigenvalue weighted by Gasteiger charge is 2.15. The second-order valence-corrected chi connectivity index (χ2v) is 4.56. The van der Waals surface area contributed by atoms with Gasteiger partial charge in [-0.1, -0.05) is 18.2 Å². The molecule has 0 saturated heterocycles. The minimum absolute atomic E-state index is 0.166. The van der Waals surface area contributed by atoms with Gasteiger partial charge in [0.15, 0.2) is 0 Å². The Morgan fingerprint density at radius 3 is 2.74 bits per heavy atom. The van der Waals surface area contributed by atoms with Crippen molar-refractivity contribution in [3.8, 4) is 5.75 Å². The fraction of sp³-hybridized carbons (Fsp3) is 0.400. The number of hydrogen-bond acceptors (Lipinski definition) is 3. The lowest BCUT2D eigenvalue weighted by atomic mass is 10.1. The summed E-state index contributed by atoms with van der Waals surface area (Å²) in [4.78, 5) is 7.40. The molecule has 2 N–H and O–H groups in total. The summed E-state index contributed by atoms with van der Waals surface area (Å²) in [5.41, 5.74) is 1.17. The van der Waals surface area contributed by atoms with Crippen LogP contribution in [0, 0.1) is 0 Å². The summed E-state index contributed by atoms with van der Waals surface area (Å²) >= 11 is 0. The monoisotopic (exact) mass is 259 g/mol. The zero-order valence-corrected chi connectivity index (χ0v) is 11.7. The largest absolute Gasteiger partial charge is 0.494 e. The molecule has 1 aromatic heterocycles. The van der Waals surface area contributed by atoms with E-state index in [4.69, 9.17) is 4.74 Å². The Labute approximate surface area is 114 Å². The minimum Gasteiger partial charge on any atom is -0.494 e. The molecule has 0 radical (unpaired) electrons. The van der Waals surface area contributed by atoms with E-state index in [1.165, 1.54) is 5.56 Å². The van der Waals surface area contributed by atoms with E-state index in [1.807, 2.05) is 31.3 Å². The molecule has 0 aliphatic rings. The van der Waals surface area contributed by atoms with Gasteiger partial charge in [0.25, 0.3) is 0 Å². The van der Waals surface area contributed by atoms with Gasteiger partial charge in [-0.15, -0.1) is 0 Å². The highest BCUT2D eigenvalue weighted by molar-refractivity contribution is 5.35. The molecule has 0 saturated carbocycles. The lowest BCUT2D eigenvalue weighted by molar-refractivity contribution is 0.330. The molecular formula is C15H21N3O. The lowest BCUT2D eigenvalue weighted by Crippen LogP contribution is -2.23. The van der Waals surface area contributed by atoms with Crippen molar-refractivity contribution in [1.29, 1.82) is 0 Å². The number of H-pyrrole nitrogens is 1. The van der Waals surface area contributed by atoms with Gasteiger partial charge in [-0.25, -0.2) is 4.98 Å². The van der Waals surface area contributed by atoms with Crippen molar-refractivity contribution in [2.75, 3.05) is 6.61 Å². The quantitative estimate of drug-likeness (QED) is 0.837. The van der Waals surface area contributed by atoms with Crippen molar-refractivity contribution in [2.45, 2.75) is 32.9 Å². The number of hydrogen-bond donors (Lipinski definition) is 2. The molecule has 19 heavy (non-hydrogen) atoms. The summed E-state index contributed by atoms with van der Waals surface area (Å²) in [5.74, 6) is 1.89. The summed E-state index contributed by atoms with van der Waals surface area (Å²) in [6, 6.07) is 8.50. The molecule has 0 spiro atoms. The van der Waals surface area contributed by atoms with E-state index in [9.17, 15) is 0 Å². The Kier molecular flexibility index (Phi) is 4.58. The molecule has 4 heteroatoms. The fourth-order valence-corrected chi connectivity index (χ4v) is 2.18. The van der Waals surface area contributed by atoms with E-state index in [0.29, 0.717) is 6.61 Å². The van der Waals surface area contributed by atoms with Gasteiger partial charge in [0.1, 0.15) is 11.6 Å². The van der Waals surface area contributed by atoms with Gasteiger partial charge in [-0.2, -0.15) is 0 Å². The van der Waals surface area contributed by atoms with Crippen molar-refractivity contribution in [2.24, 2.45) is 0 Å². The van der Waals surface area contributed by atoms with E-state index in [-0.39, 0.29) is 12.1 Å². The van der Waals surface area contributed by atoms with Gasteiger partial charge in [0.2, 0.25) is 0 Å². The molecule has 0 aliphatic carbocycles. The smallest absolute Gasteiger partial charge is 0.124 e. The van der Waals surface area contributed by atoms with Gasteiger partial charge in [-0.05, 0) is 26.8 Å². The molecule has 2 atom stereocenters. The second kappa shape index (κ2) is 6.38.